The van der Waals surface area contributed by atoms with Crippen LogP contribution in [0.4, 0.5) is 0 Å². The molecule has 0 radical (unpaired) electrons. The van der Waals surface area contributed by atoms with Gasteiger partial charge in [-0.25, -0.2) is 29.0 Å². The van der Waals surface area contributed by atoms with E-state index >= 15 is 0 Å². The normalized spacial score (nSPS) is 10.0. The molecule has 2 aromatic carbocycles. The lowest BCUT2D eigenvalue weighted by molar-refractivity contribution is 0.0681. The molecule has 394 valence electrons. The zero-order valence-corrected chi connectivity index (χ0v) is 41.0. The first-order valence-corrected chi connectivity index (χ1v) is 21.8. The van der Waals surface area contributed by atoms with Crippen LogP contribution in [-0.2, 0) is 0 Å². The van der Waals surface area contributed by atoms with Gasteiger partial charge in [0.05, 0.1) is 22.3 Å². The number of carbonyl (C=O) groups is 5. The molecule has 0 aliphatic rings. The molecule has 33 nitrogen and oxygen atoms in total. The van der Waals surface area contributed by atoms with Crippen LogP contribution in [0.15, 0.2) is 110 Å². The Kier molecular flexibility index (Phi) is 19.4. The third-order valence-corrected chi connectivity index (χ3v) is 9.53. The zero-order valence-electron chi connectivity index (χ0n) is 41.0. The molecule has 0 saturated heterocycles. The highest BCUT2D eigenvalue weighted by Crippen LogP contribution is 2.20. The molecule has 33 heteroatoms. The van der Waals surface area contributed by atoms with Crippen LogP contribution in [0.25, 0.3) is 57.2 Å². The fourth-order valence-electron chi connectivity index (χ4n) is 5.77. The van der Waals surface area contributed by atoms with Crippen molar-refractivity contribution in [1.29, 1.82) is 0 Å². The van der Waals surface area contributed by atoms with Crippen molar-refractivity contribution >= 4 is 29.8 Å². The highest BCUT2D eigenvalue weighted by atomic mass is 16.4. The van der Waals surface area contributed by atoms with Gasteiger partial charge in [0, 0.05) is 35.3 Å². The van der Waals surface area contributed by atoms with Crippen molar-refractivity contribution in [3.63, 3.8) is 0 Å². The quantitative estimate of drug-likeness (QED) is 0.131. The molecule has 5 N–H and O–H groups in total. The van der Waals surface area contributed by atoms with Gasteiger partial charge in [0.1, 0.15) is 17.1 Å². The Morgan fingerprint density at radius 3 is 1.01 bits per heavy atom. The molecule has 10 aromatic rings. The molecule has 0 amide bonds. The second-order valence-corrected chi connectivity index (χ2v) is 15.0. The van der Waals surface area contributed by atoms with Crippen LogP contribution < -0.4 is 0 Å². The first-order valence-electron chi connectivity index (χ1n) is 21.8. The molecule has 10 rings (SSSR count). The third kappa shape index (κ3) is 16.5. The monoisotopic (exact) mass is 1070 g/mol. The lowest BCUT2D eigenvalue weighted by atomic mass is 10.1. The number of rotatable bonds is 10. The van der Waals surface area contributed by atoms with Crippen LogP contribution in [0.1, 0.15) is 74.7 Å². The van der Waals surface area contributed by atoms with E-state index in [0.717, 1.165) is 0 Å². The maximum absolute atomic E-state index is 10.9. The van der Waals surface area contributed by atoms with Crippen LogP contribution in [-0.4, -0.2) is 172 Å². The molecule has 0 aliphatic carbocycles. The van der Waals surface area contributed by atoms with E-state index in [1.807, 2.05) is 0 Å². The minimum absolute atomic E-state index is 0.0319. The van der Waals surface area contributed by atoms with Crippen LogP contribution in [0.3, 0.4) is 0 Å². The predicted molar refractivity (Wildman–Crippen MR) is 262 cm³/mol. The highest BCUT2D eigenvalue weighted by molar-refractivity contribution is 5.91. The standard InChI is InChI=1S/C11H10N4O2.C10H8N4O2.C9H7N5O2.2C8H5N5O2/c1-6-5-8(3-4-9(6)11(16)17)10-14-12-7(2)13-15-10;1-6-4-7(2-3-8(6)10(15)16)9-13-11-5-12-14-9;1-5-11-13-8(14-12-5)7-3-2-6(4-10-7)9(15)16;14-8(15)5-1-2-6(9-3-5)7-12-10-4-11-13-7;14-8(15)6-2-1-5(3-9-6)7-12-10-4-11-13-7/h3-5H,1-2H3,(H,16,17);2-5H,1H3,(H,15,16);2-4H,1H3,(H,15,16);2*1-4H,(H,14,15). The lowest BCUT2D eigenvalue weighted by Gasteiger charge is -2.03. The SMILES string of the molecule is Cc1cc(-c2nncnn2)ccc1C(=O)O.Cc1nnc(-c2ccc(C(=O)O)c(C)c2)nn1.Cc1nnc(-c2ccc(C(=O)O)cn2)nn1.O=C(O)c1ccc(-c2nncnn2)cn1.O=C(O)c1ccc(-c2nncnn2)nc1. The van der Waals surface area contributed by atoms with Gasteiger partial charge in [-0.15, -0.1) is 102 Å². The molecule has 0 atom stereocenters. The predicted octanol–water partition coefficient (Wildman–Crippen LogP) is 2.58. The van der Waals surface area contributed by atoms with Crippen molar-refractivity contribution in [1.82, 2.24) is 117 Å². The van der Waals surface area contributed by atoms with E-state index in [1.165, 1.54) is 80.0 Å². The number of hydrogen-bond acceptors (Lipinski definition) is 28. The van der Waals surface area contributed by atoms with E-state index in [4.69, 9.17) is 25.5 Å². The highest BCUT2D eigenvalue weighted by Gasteiger charge is 2.13. The summed E-state index contributed by atoms with van der Waals surface area (Å²) >= 11 is 0. The Balaban J connectivity index is 0.000000160. The summed E-state index contributed by atoms with van der Waals surface area (Å²) in [5.41, 5.74) is 4.85. The van der Waals surface area contributed by atoms with Gasteiger partial charge in [-0.2, -0.15) is 0 Å². The first kappa shape index (κ1) is 56.2. The second-order valence-electron chi connectivity index (χ2n) is 15.0. The summed E-state index contributed by atoms with van der Waals surface area (Å²) in [5.74, 6) is -2.48. The molecule has 0 bridgehead atoms. The van der Waals surface area contributed by atoms with Crippen molar-refractivity contribution in [2.24, 2.45) is 0 Å². The number of carboxylic acid groups (broad SMARTS) is 5. The number of aryl methyl sites for hydroxylation is 4. The maximum Gasteiger partial charge on any atom is 0.354 e. The van der Waals surface area contributed by atoms with Gasteiger partial charge in [-0.1, -0.05) is 12.1 Å². The van der Waals surface area contributed by atoms with Gasteiger partial charge >= 0.3 is 29.8 Å². The number of aromatic nitrogens is 23. The topological polar surface area (TPSA) is 483 Å². The van der Waals surface area contributed by atoms with Gasteiger partial charge in [-0.05, 0) is 99.5 Å². The van der Waals surface area contributed by atoms with Gasteiger partial charge in [0.2, 0.25) is 29.1 Å². The summed E-state index contributed by atoms with van der Waals surface area (Å²) in [6.07, 6.45) is 7.48. The molecular formula is C46H35N23O10. The molecule has 8 heterocycles. The number of aromatic carboxylic acids is 5. The molecule has 79 heavy (non-hydrogen) atoms. The number of benzene rings is 2. The number of nitrogens with zero attached hydrogens (tertiary/aromatic N) is 23. The summed E-state index contributed by atoms with van der Waals surface area (Å²) in [6, 6.07) is 18.5. The fourth-order valence-corrected chi connectivity index (χ4v) is 5.77. The molecule has 0 fully saturated rings. The Morgan fingerprint density at radius 2 is 0.684 bits per heavy atom. The summed E-state index contributed by atoms with van der Waals surface area (Å²) in [7, 11) is 0. The Hall–Kier alpha value is -12.1. The van der Waals surface area contributed by atoms with Crippen molar-refractivity contribution in [3.05, 3.63) is 161 Å². The number of carboxylic acids is 5. The van der Waals surface area contributed by atoms with Crippen LogP contribution in [0.5, 0.6) is 0 Å². The van der Waals surface area contributed by atoms with Crippen LogP contribution in [0, 0.1) is 27.7 Å². The molecule has 0 spiro atoms. The second kappa shape index (κ2) is 27.3. The fraction of sp³-hybridized carbons (Fsp3) is 0.0870. The minimum atomic E-state index is -1.08. The van der Waals surface area contributed by atoms with Gasteiger partial charge in [0.25, 0.3) is 0 Å². The van der Waals surface area contributed by atoms with Crippen molar-refractivity contribution in [2.45, 2.75) is 27.7 Å². The summed E-state index contributed by atoms with van der Waals surface area (Å²) in [5, 5.41) is 118. The van der Waals surface area contributed by atoms with Crippen LogP contribution in [0.2, 0.25) is 0 Å². The molecule has 0 unspecified atom stereocenters. The van der Waals surface area contributed by atoms with Gasteiger partial charge in [0.15, 0.2) is 30.6 Å². The van der Waals surface area contributed by atoms with E-state index < -0.39 is 29.8 Å². The largest absolute Gasteiger partial charge is 0.478 e. The van der Waals surface area contributed by atoms with Gasteiger partial charge < -0.3 is 25.5 Å². The van der Waals surface area contributed by atoms with E-state index in [1.54, 1.807) is 58.0 Å². The molecule has 0 aliphatic heterocycles. The third-order valence-electron chi connectivity index (χ3n) is 9.53. The molecular weight excluding hydrogens is 1030 g/mol. The van der Waals surface area contributed by atoms with E-state index in [-0.39, 0.29) is 39.6 Å². The average molecular weight is 1070 g/mol. The Labute approximate surface area is 441 Å². The summed E-state index contributed by atoms with van der Waals surface area (Å²) in [4.78, 5) is 64.9. The van der Waals surface area contributed by atoms with Gasteiger partial charge in [-0.3, -0.25) is 9.97 Å². The van der Waals surface area contributed by atoms with Crippen molar-refractivity contribution in [2.75, 3.05) is 0 Å². The smallest absolute Gasteiger partial charge is 0.354 e. The number of pyridine rings is 3. The Bertz CT molecular complexity index is 3580. The lowest BCUT2D eigenvalue weighted by Crippen LogP contribution is -2.02. The Morgan fingerprint density at radius 1 is 0.329 bits per heavy atom. The molecule has 8 aromatic heterocycles. The van der Waals surface area contributed by atoms with Crippen LogP contribution >= 0.6 is 0 Å². The zero-order chi connectivity index (χ0) is 56.8. The average Bonchev–Trinajstić information content (AvgIpc) is 3.47. The minimum Gasteiger partial charge on any atom is -0.478 e. The van der Waals surface area contributed by atoms with E-state index in [2.05, 4.69) is 117 Å². The summed E-state index contributed by atoms with van der Waals surface area (Å²) < 4.78 is 0. The van der Waals surface area contributed by atoms with E-state index in [0.29, 0.717) is 68.3 Å². The molecule has 0 saturated carbocycles. The van der Waals surface area contributed by atoms with Crippen molar-refractivity contribution < 1.29 is 49.5 Å². The van der Waals surface area contributed by atoms with Crippen molar-refractivity contribution in [3.8, 4) is 57.2 Å². The van der Waals surface area contributed by atoms with E-state index in [9.17, 15) is 24.0 Å². The summed E-state index contributed by atoms with van der Waals surface area (Å²) in [6.45, 7) is 6.81. The first-order chi connectivity index (χ1) is 38.0. The number of hydrogen-bond donors (Lipinski definition) is 5. The maximum atomic E-state index is 10.9.